The van der Waals surface area contributed by atoms with Crippen molar-refractivity contribution >= 4 is 0 Å². The first kappa shape index (κ1) is 13.0. The number of benzene rings is 1. The predicted octanol–water partition coefficient (Wildman–Crippen LogP) is 3.88. The van der Waals surface area contributed by atoms with Gasteiger partial charge in [0.25, 0.3) is 0 Å². The van der Waals surface area contributed by atoms with Gasteiger partial charge in [-0.1, -0.05) is 13.8 Å². The van der Waals surface area contributed by atoms with E-state index >= 15 is 0 Å². The summed E-state index contributed by atoms with van der Waals surface area (Å²) in [4.78, 5) is 0. The lowest BCUT2D eigenvalue weighted by atomic mass is 9.48. The Balaban J connectivity index is 1.58. The molecule has 19 heavy (non-hydrogen) atoms. The summed E-state index contributed by atoms with van der Waals surface area (Å²) in [6.45, 7) is 5.14. The van der Waals surface area contributed by atoms with Crippen molar-refractivity contribution in [2.75, 3.05) is 0 Å². The van der Waals surface area contributed by atoms with Gasteiger partial charge in [0.2, 0.25) is 0 Å². The zero-order valence-corrected chi connectivity index (χ0v) is 11.5. The first-order valence-electron chi connectivity index (χ1n) is 7.14. The molecule has 3 saturated carbocycles. The fraction of sp³-hybridized carbons (Fsp3) is 0.625. The molecule has 3 fully saturated rings. The molecule has 1 aromatic carbocycles. The average Bonchev–Trinajstić information content (AvgIpc) is 2.40. The molecule has 4 rings (SSSR count). The van der Waals surface area contributed by atoms with Gasteiger partial charge in [-0.3, -0.25) is 0 Å². The van der Waals surface area contributed by atoms with E-state index in [1.807, 2.05) is 0 Å². The third kappa shape index (κ3) is 2.29. The van der Waals surface area contributed by atoms with E-state index in [1.165, 1.54) is 31.4 Å². The molecule has 0 spiro atoms. The van der Waals surface area contributed by atoms with Crippen molar-refractivity contribution < 1.29 is 8.78 Å². The van der Waals surface area contributed by atoms with Gasteiger partial charge in [0, 0.05) is 18.2 Å². The maximum atomic E-state index is 13.5. The Morgan fingerprint density at radius 3 is 2.47 bits per heavy atom. The third-order valence-corrected chi connectivity index (χ3v) is 5.40. The fourth-order valence-corrected chi connectivity index (χ4v) is 3.81. The van der Waals surface area contributed by atoms with Crippen LogP contribution in [0.2, 0.25) is 0 Å². The molecule has 0 aliphatic heterocycles. The minimum absolute atomic E-state index is 0.324. The van der Waals surface area contributed by atoms with Crippen LogP contribution in [0.15, 0.2) is 18.2 Å². The highest BCUT2D eigenvalue weighted by atomic mass is 19.1. The number of nitrogens with one attached hydrogen (secondary N) is 1. The Kier molecular flexibility index (Phi) is 3.12. The summed E-state index contributed by atoms with van der Waals surface area (Å²) < 4.78 is 26.6. The Morgan fingerprint density at radius 1 is 1.16 bits per heavy atom. The Labute approximate surface area is 113 Å². The van der Waals surface area contributed by atoms with Crippen LogP contribution in [-0.4, -0.2) is 6.04 Å². The number of halogens is 2. The molecule has 2 unspecified atom stereocenters. The monoisotopic (exact) mass is 265 g/mol. The summed E-state index contributed by atoms with van der Waals surface area (Å²) in [6, 6.07) is 4.11. The third-order valence-electron chi connectivity index (χ3n) is 5.40. The van der Waals surface area contributed by atoms with Gasteiger partial charge < -0.3 is 5.32 Å². The van der Waals surface area contributed by atoms with E-state index in [4.69, 9.17) is 0 Å². The van der Waals surface area contributed by atoms with E-state index in [2.05, 4.69) is 19.2 Å². The molecular weight excluding hydrogens is 244 g/mol. The SMILES string of the molecule is CC1(C)C2CC(NCc3cc(F)ccc3F)CC1C2. The van der Waals surface area contributed by atoms with Gasteiger partial charge in [-0.05, 0) is 54.7 Å². The molecule has 1 nitrogen and oxygen atoms in total. The van der Waals surface area contributed by atoms with E-state index in [1.54, 1.807) is 0 Å². The van der Waals surface area contributed by atoms with Gasteiger partial charge in [-0.15, -0.1) is 0 Å². The number of fused-ring (bicyclic) bond motifs is 2. The Bertz CT molecular complexity index is 470. The highest BCUT2D eigenvalue weighted by Gasteiger charge is 2.52. The van der Waals surface area contributed by atoms with Gasteiger partial charge in [0.1, 0.15) is 11.6 Å². The standard InChI is InChI=1S/C16H21F2N/c1-16(2)11-6-12(16)8-14(7-11)19-9-10-5-13(17)3-4-15(10)18/h3-5,11-12,14,19H,6-9H2,1-2H3. The lowest BCUT2D eigenvalue weighted by Crippen LogP contribution is -2.55. The molecule has 1 N–H and O–H groups in total. The first-order valence-corrected chi connectivity index (χ1v) is 7.14. The molecule has 1 aromatic rings. The maximum Gasteiger partial charge on any atom is 0.127 e. The maximum absolute atomic E-state index is 13.5. The van der Waals surface area contributed by atoms with Crippen LogP contribution in [0.1, 0.15) is 38.7 Å². The Morgan fingerprint density at radius 2 is 1.84 bits per heavy atom. The predicted molar refractivity (Wildman–Crippen MR) is 71.6 cm³/mol. The normalized spacial score (nSPS) is 31.9. The van der Waals surface area contributed by atoms with Crippen LogP contribution < -0.4 is 5.32 Å². The van der Waals surface area contributed by atoms with Gasteiger partial charge in [-0.2, -0.15) is 0 Å². The lowest BCUT2D eigenvalue weighted by molar-refractivity contribution is -0.0787. The molecule has 3 heteroatoms. The number of hydrogen-bond acceptors (Lipinski definition) is 1. The number of hydrogen-bond donors (Lipinski definition) is 1. The molecule has 104 valence electrons. The van der Waals surface area contributed by atoms with Crippen LogP contribution in [0, 0.1) is 28.9 Å². The fourth-order valence-electron chi connectivity index (χ4n) is 3.81. The molecular formula is C16H21F2N. The zero-order valence-electron chi connectivity index (χ0n) is 11.5. The zero-order chi connectivity index (χ0) is 13.6. The van der Waals surface area contributed by atoms with Crippen LogP contribution in [-0.2, 0) is 6.54 Å². The highest BCUT2D eigenvalue weighted by Crippen LogP contribution is 2.59. The molecule has 2 atom stereocenters. The second-order valence-corrected chi connectivity index (χ2v) is 6.74. The summed E-state index contributed by atoms with van der Waals surface area (Å²) in [5, 5.41) is 3.40. The van der Waals surface area contributed by atoms with E-state index < -0.39 is 0 Å². The van der Waals surface area contributed by atoms with Crippen LogP contribution in [0.3, 0.4) is 0 Å². The van der Waals surface area contributed by atoms with Gasteiger partial charge in [-0.25, -0.2) is 8.78 Å². The van der Waals surface area contributed by atoms with E-state index in [-0.39, 0.29) is 11.6 Å². The van der Waals surface area contributed by atoms with Crippen LogP contribution in [0.5, 0.6) is 0 Å². The second kappa shape index (κ2) is 4.55. The molecule has 0 saturated heterocycles. The second-order valence-electron chi connectivity index (χ2n) is 6.74. The smallest absolute Gasteiger partial charge is 0.127 e. The van der Waals surface area contributed by atoms with E-state index in [0.29, 0.717) is 23.6 Å². The van der Waals surface area contributed by atoms with Crippen molar-refractivity contribution in [1.29, 1.82) is 0 Å². The molecule has 0 heterocycles. The van der Waals surface area contributed by atoms with E-state index in [9.17, 15) is 8.78 Å². The highest BCUT2D eigenvalue weighted by molar-refractivity contribution is 5.18. The minimum Gasteiger partial charge on any atom is -0.310 e. The summed E-state index contributed by atoms with van der Waals surface area (Å²) in [5.74, 6) is 0.892. The topological polar surface area (TPSA) is 12.0 Å². The average molecular weight is 265 g/mol. The summed E-state index contributed by atoms with van der Waals surface area (Å²) in [7, 11) is 0. The van der Waals surface area contributed by atoms with E-state index in [0.717, 1.165) is 17.9 Å². The minimum atomic E-state index is -0.370. The summed E-state index contributed by atoms with van der Waals surface area (Å²) in [5.41, 5.74) is 0.918. The van der Waals surface area contributed by atoms with Crippen molar-refractivity contribution in [3.05, 3.63) is 35.4 Å². The van der Waals surface area contributed by atoms with Crippen molar-refractivity contribution in [1.82, 2.24) is 5.32 Å². The Hall–Kier alpha value is -0.960. The molecule has 2 bridgehead atoms. The van der Waals surface area contributed by atoms with Crippen LogP contribution >= 0.6 is 0 Å². The number of rotatable bonds is 3. The lowest BCUT2D eigenvalue weighted by Gasteiger charge is -2.59. The summed E-state index contributed by atoms with van der Waals surface area (Å²) in [6.07, 6.45) is 3.68. The van der Waals surface area contributed by atoms with Gasteiger partial charge in [0.15, 0.2) is 0 Å². The van der Waals surface area contributed by atoms with Crippen molar-refractivity contribution in [3.8, 4) is 0 Å². The molecule has 0 aromatic heterocycles. The van der Waals surface area contributed by atoms with Crippen molar-refractivity contribution in [3.63, 3.8) is 0 Å². The van der Waals surface area contributed by atoms with Gasteiger partial charge >= 0.3 is 0 Å². The first-order chi connectivity index (χ1) is 8.96. The van der Waals surface area contributed by atoms with Gasteiger partial charge in [0.05, 0.1) is 0 Å². The molecule has 0 radical (unpaired) electrons. The quantitative estimate of drug-likeness (QED) is 0.874. The molecule has 3 aliphatic carbocycles. The van der Waals surface area contributed by atoms with Crippen molar-refractivity contribution in [2.24, 2.45) is 17.3 Å². The molecule has 3 aliphatic rings. The largest absolute Gasteiger partial charge is 0.310 e. The van der Waals surface area contributed by atoms with Crippen molar-refractivity contribution in [2.45, 2.75) is 45.7 Å². The summed E-state index contributed by atoms with van der Waals surface area (Å²) >= 11 is 0. The van der Waals surface area contributed by atoms with Crippen LogP contribution in [0.25, 0.3) is 0 Å². The van der Waals surface area contributed by atoms with Crippen LogP contribution in [0.4, 0.5) is 8.78 Å². The molecule has 0 amide bonds.